The zero-order valence-corrected chi connectivity index (χ0v) is 9.12. The van der Waals surface area contributed by atoms with Crippen molar-refractivity contribution in [3.05, 3.63) is 0 Å². The molecular formula is C10H21NS. The van der Waals surface area contributed by atoms with E-state index in [1.807, 2.05) is 0 Å². The van der Waals surface area contributed by atoms with Crippen LogP contribution in [-0.2, 0) is 0 Å². The summed E-state index contributed by atoms with van der Waals surface area (Å²) in [5.74, 6) is 1.39. The maximum Gasteiger partial charge on any atom is 0.0201 e. The zero-order chi connectivity index (χ0) is 8.81. The van der Waals surface area contributed by atoms with Crippen molar-refractivity contribution >= 4 is 11.8 Å². The van der Waals surface area contributed by atoms with Crippen molar-refractivity contribution in [1.82, 2.24) is 5.32 Å². The molecule has 0 saturated carbocycles. The molecule has 0 aromatic carbocycles. The topological polar surface area (TPSA) is 12.0 Å². The third-order valence-electron chi connectivity index (χ3n) is 2.48. The fourth-order valence-corrected chi connectivity index (χ4v) is 3.35. The molecule has 0 radical (unpaired) electrons. The molecule has 1 rings (SSSR count). The molecule has 1 fully saturated rings. The Hall–Kier alpha value is 0.310. The minimum Gasteiger partial charge on any atom is -0.313 e. The van der Waals surface area contributed by atoms with Gasteiger partial charge >= 0.3 is 0 Å². The van der Waals surface area contributed by atoms with E-state index in [9.17, 15) is 0 Å². The minimum atomic E-state index is 0.785. The molecule has 2 heteroatoms. The summed E-state index contributed by atoms with van der Waals surface area (Å²) >= 11 is 2.17. The van der Waals surface area contributed by atoms with Crippen LogP contribution in [-0.4, -0.2) is 23.6 Å². The highest BCUT2D eigenvalue weighted by molar-refractivity contribution is 8.00. The quantitative estimate of drug-likeness (QED) is 0.710. The van der Waals surface area contributed by atoms with Crippen molar-refractivity contribution in [3.63, 3.8) is 0 Å². The summed E-state index contributed by atoms with van der Waals surface area (Å²) in [7, 11) is 0. The second-order valence-corrected chi connectivity index (χ2v) is 4.85. The Kier molecular flexibility index (Phi) is 5.08. The van der Waals surface area contributed by atoms with Gasteiger partial charge in [0.15, 0.2) is 0 Å². The van der Waals surface area contributed by atoms with E-state index in [0.717, 1.165) is 17.8 Å². The molecule has 0 aromatic heterocycles. The van der Waals surface area contributed by atoms with Crippen molar-refractivity contribution in [1.29, 1.82) is 0 Å². The maximum atomic E-state index is 3.60. The monoisotopic (exact) mass is 187 g/mol. The Balaban J connectivity index is 2.29. The van der Waals surface area contributed by atoms with Crippen LogP contribution in [0.2, 0.25) is 0 Å². The molecule has 2 atom stereocenters. The zero-order valence-electron chi connectivity index (χ0n) is 8.31. The van der Waals surface area contributed by atoms with Gasteiger partial charge in [-0.1, -0.05) is 20.3 Å². The van der Waals surface area contributed by atoms with E-state index >= 15 is 0 Å². The van der Waals surface area contributed by atoms with Gasteiger partial charge in [-0.15, -0.1) is 0 Å². The van der Waals surface area contributed by atoms with E-state index in [1.54, 1.807) is 0 Å². The van der Waals surface area contributed by atoms with Crippen LogP contribution in [0.1, 0.15) is 39.5 Å². The second kappa shape index (κ2) is 5.87. The van der Waals surface area contributed by atoms with Gasteiger partial charge in [-0.3, -0.25) is 0 Å². The number of hydrogen-bond donors (Lipinski definition) is 1. The van der Waals surface area contributed by atoms with Crippen LogP contribution < -0.4 is 5.32 Å². The van der Waals surface area contributed by atoms with E-state index in [2.05, 4.69) is 30.9 Å². The smallest absolute Gasteiger partial charge is 0.0201 e. The van der Waals surface area contributed by atoms with Crippen LogP contribution in [0.4, 0.5) is 0 Å². The van der Waals surface area contributed by atoms with Gasteiger partial charge in [-0.25, -0.2) is 0 Å². The molecule has 1 aliphatic heterocycles. The standard InChI is InChI=1S/C10H21NS/c1-3-6-9(11-4-2)10-7-5-8-12-10/h9-11H,3-8H2,1-2H3. The SMILES string of the molecule is CCCC(NCC)C1CCCS1. The lowest BCUT2D eigenvalue weighted by Crippen LogP contribution is -2.36. The molecule has 0 aliphatic carbocycles. The molecule has 1 aliphatic rings. The lowest BCUT2D eigenvalue weighted by atomic mass is 10.1. The van der Waals surface area contributed by atoms with Crippen LogP contribution in [0.3, 0.4) is 0 Å². The number of nitrogens with one attached hydrogen (secondary N) is 1. The Morgan fingerprint density at radius 1 is 1.50 bits per heavy atom. The average Bonchev–Trinajstić information content (AvgIpc) is 2.56. The summed E-state index contributed by atoms with van der Waals surface area (Å²) in [6.07, 6.45) is 5.53. The van der Waals surface area contributed by atoms with E-state index in [-0.39, 0.29) is 0 Å². The van der Waals surface area contributed by atoms with E-state index < -0.39 is 0 Å². The molecule has 1 N–H and O–H groups in total. The molecule has 12 heavy (non-hydrogen) atoms. The fourth-order valence-electron chi connectivity index (χ4n) is 1.91. The summed E-state index contributed by atoms with van der Waals surface area (Å²) in [6.45, 7) is 5.62. The minimum absolute atomic E-state index is 0.785. The maximum absolute atomic E-state index is 3.60. The summed E-state index contributed by atoms with van der Waals surface area (Å²) in [4.78, 5) is 0. The predicted octanol–water partition coefficient (Wildman–Crippen LogP) is 2.66. The normalized spacial score (nSPS) is 26.0. The second-order valence-electron chi connectivity index (χ2n) is 3.50. The fraction of sp³-hybridized carbons (Fsp3) is 1.00. The number of thioether (sulfide) groups is 1. The van der Waals surface area contributed by atoms with E-state index in [1.165, 1.54) is 31.4 Å². The molecule has 1 nitrogen and oxygen atoms in total. The third-order valence-corrected chi connectivity index (χ3v) is 4.00. The largest absolute Gasteiger partial charge is 0.313 e. The van der Waals surface area contributed by atoms with Gasteiger partial charge < -0.3 is 5.32 Å². The Morgan fingerprint density at radius 3 is 2.83 bits per heavy atom. The highest BCUT2D eigenvalue weighted by atomic mass is 32.2. The van der Waals surface area contributed by atoms with Crippen LogP contribution in [0, 0.1) is 0 Å². The lowest BCUT2D eigenvalue weighted by Gasteiger charge is -2.22. The molecular weight excluding hydrogens is 166 g/mol. The Morgan fingerprint density at radius 2 is 2.33 bits per heavy atom. The molecule has 0 aromatic rings. The third kappa shape index (κ3) is 2.98. The van der Waals surface area contributed by atoms with E-state index in [0.29, 0.717) is 0 Å². The van der Waals surface area contributed by atoms with Crippen molar-refractivity contribution in [2.24, 2.45) is 0 Å². The van der Waals surface area contributed by atoms with Crippen molar-refractivity contribution < 1.29 is 0 Å². The molecule has 72 valence electrons. The number of hydrogen-bond acceptors (Lipinski definition) is 2. The Labute approximate surface area is 80.7 Å². The molecule has 1 heterocycles. The van der Waals surface area contributed by atoms with Crippen LogP contribution in [0.15, 0.2) is 0 Å². The van der Waals surface area contributed by atoms with Gasteiger partial charge in [-0.05, 0) is 31.6 Å². The molecule has 0 spiro atoms. The summed E-state index contributed by atoms with van der Waals surface area (Å²) in [5, 5.41) is 4.51. The predicted molar refractivity (Wildman–Crippen MR) is 57.9 cm³/mol. The van der Waals surface area contributed by atoms with Crippen molar-refractivity contribution in [2.75, 3.05) is 12.3 Å². The molecule has 0 amide bonds. The van der Waals surface area contributed by atoms with Gasteiger partial charge in [0.25, 0.3) is 0 Å². The van der Waals surface area contributed by atoms with Crippen LogP contribution in [0.25, 0.3) is 0 Å². The number of rotatable bonds is 5. The molecule has 2 unspecified atom stereocenters. The van der Waals surface area contributed by atoms with Crippen molar-refractivity contribution in [2.45, 2.75) is 50.8 Å². The van der Waals surface area contributed by atoms with Crippen LogP contribution >= 0.6 is 11.8 Å². The first-order valence-corrected chi connectivity index (χ1v) is 6.28. The Bertz CT molecular complexity index is 104. The van der Waals surface area contributed by atoms with Gasteiger partial charge in [0, 0.05) is 11.3 Å². The average molecular weight is 187 g/mol. The summed E-state index contributed by atoms with van der Waals surface area (Å²) in [5.41, 5.74) is 0. The molecule has 0 bridgehead atoms. The van der Waals surface area contributed by atoms with Gasteiger partial charge in [0.2, 0.25) is 0 Å². The van der Waals surface area contributed by atoms with Gasteiger partial charge in [-0.2, -0.15) is 11.8 Å². The summed E-state index contributed by atoms with van der Waals surface area (Å²) < 4.78 is 0. The van der Waals surface area contributed by atoms with Crippen molar-refractivity contribution in [3.8, 4) is 0 Å². The van der Waals surface area contributed by atoms with Gasteiger partial charge in [0.05, 0.1) is 0 Å². The highest BCUT2D eigenvalue weighted by Gasteiger charge is 2.23. The van der Waals surface area contributed by atoms with E-state index in [4.69, 9.17) is 0 Å². The summed E-state index contributed by atoms with van der Waals surface area (Å²) in [6, 6.07) is 0.785. The highest BCUT2D eigenvalue weighted by Crippen LogP contribution is 2.30. The van der Waals surface area contributed by atoms with Crippen LogP contribution in [0.5, 0.6) is 0 Å². The molecule has 1 saturated heterocycles. The van der Waals surface area contributed by atoms with Gasteiger partial charge in [0.1, 0.15) is 0 Å². The first kappa shape index (κ1) is 10.4. The first-order chi connectivity index (χ1) is 5.88. The lowest BCUT2D eigenvalue weighted by molar-refractivity contribution is 0.464. The first-order valence-electron chi connectivity index (χ1n) is 5.23.